The summed E-state index contributed by atoms with van der Waals surface area (Å²) >= 11 is 7.41. The quantitative estimate of drug-likeness (QED) is 0.319. The Bertz CT molecular complexity index is 1250. The summed E-state index contributed by atoms with van der Waals surface area (Å²) in [6, 6.07) is 20.7. The van der Waals surface area contributed by atoms with Crippen molar-refractivity contribution < 1.29 is 19.4 Å². The highest BCUT2D eigenvalue weighted by Crippen LogP contribution is 2.33. The molecule has 162 valence electrons. The lowest BCUT2D eigenvalue weighted by Gasteiger charge is -2.12. The molecule has 0 unspecified atom stereocenters. The number of hydrogen-bond acceptors (Lipinski definition) is 5. The summed E-state index contributed by atoms with van der Waals surface area (Å²) in [6.07, 6.45) is 1.70. The van der Waals surface area contributed by atoms with Crippen molar-refractivity contribution in [3.63, 3.8) is 0 Å². The summed E-state index contributed by atoms with van der Waals surface area (Å²) in [6.45, 7) is 0.374. The van der Waals surface area contributed by atoms with Crippen molar-refractivity contribution in [3.05, 3.63) is 87.9 Å². The van der Waals surface area contributed by atoms with Crippen LogP contribution in [0.4, 0.5) is 0 Å². The third-order valence-corrected chi connectivity index (χ3v) is 6.11. The molecule has 0 bridgehead atoms. The normalized spacial score (nSPS) is 11.5. The number of methoxy groups -OCH3 is 1. The summed E-state index contributed by atoms with van der Waals surface area (Å²) in [5, 5.41) is 10.8. The predicted octanol–water partition coefficient (Wildman–Crippen LogP) is 6.55. The van der Waals surface area contributed by atoms with E-state index in [0.29, 0.717) is 33.7 Å². The van der Waals surface area contributed by atoms with E-state index in [-0.39, 0.29) is 6.42 Å². The zero-order chi connectivity index (χ0) is 22.5. The lowest BCUT2D eigenvalue weighted by atomic mass is 10.1. The van der Waals surface area contributed by atoms with Crippen LogP contribution >= 0.6 is 22.9 Å². The number of rotatable bonds is 8. The molecule has 3 aromatic carbocycles. The second-order valence-electron chi connectivity index (χ2n) is 7.05. The number of benzene rings is 3. The van der Waals surface area contributed by atoms with Crippen LogP contribution < -0.4 is 9.47 Å². The van der Waals surface area contributed by atoms with Gasteiger partial charge in [-0.3, -0.25) is 4.79 Å². The van der Waals surface area contributed by atoms with Crippen LogP contribution in [0.2, 0.25) is 5.02 Å². The Labute approximate surface area is 194 Å². The van der Waals surface area contributed by atoms with Crippen molar-refractivity contribution in [2.75, 3.05) is 7.11 Å². The molecule has 0 atom stereocenters. The minimum Gasteiger partial charge on any atom is -0.493 e. The van der Waals surface area contributed by atoms with E-state index < -0.39 is 5.97 Å². The van der Waals surface area contributed by atoms with E-state index in [9.17, 15) is 9.90 Å². The van der Waals surface area contributed by atoms with E-state index >= 15 is 0 Å². The van der Waals surface area contributed by atoms with E-state index in [0.717, 1.165) is 21.3 Å². The summed E-state index contributed by atoms with van der Waals surface area (Å²) < 4.78 is 12.4. The van der Waals surface area contributed by atoms with Gasteiger partial charge in [-0.25, -0.2) is 4.98 Å². The minimum atomic E-state index is -0.912. The van der Waals surface area contributed by atoms with Gasteiger partial charge in [0.15, 0.2) is 11.5 Å². The van der Waals surface area contributed by atoms with E-state index in [1.54, 1.807) is 7.11 Å². The molecular weight excluding hydrogens is 446 g/mol. The monoisotopic (exact) mass is 465 g/mol. The number of nitrogens with zero attached hydrogens (tertiary/aromatic N) is 1. The fraction of sp³-hybridized carbons (Fsp3) is 0.120. The standard InChI is InChI=1S/C25H20ClNO4S/c1-30-22-13-17(8-11-21(22)31-15-16-6-9-19(26)10-7-16)12-18(14-24(28)29)25-27-20-4-2-3-5-23(20)32-25/h2-13H,14-15H2,1H3,(H,28,29)/b18-12+. The first kappa shape index (κ1) is 21.9. The Hall–Kier alpha value is -3.35. The molecule has 0 amide bonds. The Morgan fingerprint density at radius 2 is 1.88 bits per heavy atom. The Morgan fingerprint density at radius 1 is 1.09 bits per heavy atom. The average molecular weight is 466 g/mol. The van der Waals surface area contributed by atoms with E-state index in [1.807, 2.05) is 72.8 Å². The topological polar surface area (TPSA) is 68.7 Å². The minimum absolute atomic E-state index is 0.128. The van der Waals surface area contributed by atoms with Crippen LogP contribution in [0.25, 0.3) is 21.9 Å². The van der Waals surface area contributed by atoms with Gasteiger partial charge in [-0.2, -0.15) is 0 Å². The first-order valence-electron chi connectivity index (χ1n) is 9.85. The fourth-order valence-electron chi connectivity index (χ4n) is 3.20. The van der Waals surface area contributed by atoms with Crippen LogP contribution in [0.3, 0.4) is 0 Å². The Balaban J connectivity index is 1.61. The molecule has 0 aliphatic rings. The second kappa shape index (κ2) is 9.85. The van der Waals surface area contributed by atoms with Crippen molar-refractivity contribution in [1.29, 1.82) is 0 Å². The van der Waals surface area contributed by atoms with Gasteiger partial charge >= 0.3 is 5.97 Å². The van der Waals surface area contributed by atoms with Crippen LogP contribution in [0.5, 0.6) is 11.5 Å². The first-order chi connectivity index (χ1) is 15.5. The number of aromatic nitrogens is 1. The van der Waals surface area contributed by atoms with Gasteiger partial charge in [0.25, 0.3) is 0 Å². The maximum Gasteiger partial charge on any atom is 0.307 e. The van der Waals surface area contributed by atoms with Crippen molar-refractivity contribution in [2.45, 2.75) is 13.0 Å². The molecule has 4 aromatic rings. The zero-order valence-corrected chi connectivity index (χ0v) is 18.8. The summed E-state index contributed by atoms with van der Waals surface area (Å²) in [5.41, 5.74) is 3.28. The molecule has 0 aliphatic carbocycles. The number of fused-ring (bicyclic) bond motifs is 1. The molecule has 4 rings (SSSR count). The number of para-hydroxylation sites is 1. The largest absolute Gasteiger partial charge is 0.493 e. The van der Waals surface area contributed by atoms with E-state index in [1.165, 1.54) is 11.3 Å². The van der Waals surface area contributed by atoms with Gasteiger partial charge in [-0.1, -0.05) is 41.9 Å². The fourth-order valence-corrected chi connectivity index (χ4v) is 4.30. The molecule has 0 fully saturated rings. The molecule has 0 saturated carbocycles. The van der Waals surface area contributed by atoms with Crippen molar-refractivity contribution >= 4 is 50.8 Å². The van der Waals surface area contributed by atoms with Crippen molar-refractivity contribution in [1.82, 2.24) is 4.98 Å². The van der Waals surface area contributed by atoms with E-state index in [2.05, 4.69) is 4.98 Å². The number of carboxylic acids is 1. The molecule has 1 heterocycles. The average Bonchev–Trinajstić information content (AvgIpc) is 3.23. The number of hydrogen-bond donors (Lipinski definition) is 1. The van der Waals surface area contributed by atoms with Gasteiger partial charge in [-0.15, -0.1) is 11.3 Å². The molecule has 32 heavy (non-hydrogen) atoms. The molecular formula is C25H20ClNO4S. The van der Waals surface area contributed by atoms with Gasteiger partial charge in [0.05, 0.1) is 23.7 Å². The number of halogens is 1. The molecule has 0 spiro atoms. The number of aliphatic carboxylic acids is 1. The van der Waals surface area contributed by atoms with Crippen LogP contribution in [-0.2, 0) is 11.4 Å². The van der Waals surface area contributed by atoms with E-state index in [4.69, 9.17) is 21.1 Å². The van der Waals surface area contributed by atoms with Crippen molar-refractivity contribution in [2.24, 2.45) is 0 Å². The van der Waals surface area contributed by atoms with Crippen LogP contribution in [0.15, 0.2) is 66.7 Å². The highest BCUT2D eigenvalue weighted by atomic mass is 35.5. The van der Waals surface area contributed by atoms with Crippen molar-refractivity contribution in [3.8, 4) is 11.5 Å². The third-order valence-electron chi connectivity index (χ3n) is 4.75. The zero-order valence-electron chi connectivity index (χ0n) is 17.2. The molecule has 1 aromatic heterocycles. The summed E-state index contributed by atoms with van der Waals surface area (Å²) in [5.74, 6) is 0.247. The lowest BCUT2D eigenvalue weighted by molar-refractivity contribution is -0.135. The van der Waals surface area contributed by atoms with Gasteiger partial charge < -0.3 is 14.6 Å². The molecule has 0 saturated heterocycles. The molecule has 0 aliphatic heterocycles. The summed E-state index contributed by atoms with van der Waals surface area (Å²) in [7, 11) is 1.57. The van der Waals surface area contributed by atoms with Crippen LogP contribution in [0.1, 0.15) is 22.6 Å². The van der Waals surface area contributed by atoms with Crippen LogP contribution in [-0.4, -0.2) is 23.2 Å². The highest BCUT2D eigenvalue weighted by Gasteiger charge is 2.14. The molecule has 5 nitrogen and oxygen atoms in total. The SMILES string of the molecule is COc1cc(/C=C(\CC(=O)O)c2nc3ccccc3s2)ccc1OCc1ccc(Cl)cc1. The van der Waals surface area contributed by atoms with Crippen LogP contribution in [0, 0.1) is 0 Å². The second-order valence-corrected chi connectivity index (χ2v) is 8.52. The number of carbonyl (C=O) groups is 1. The lowest BCUT2D eigenvalue weighted by Crippen LogP contribution is -1.99. The third kappa shape index (κ3) is 5.28. The summed E-state index contributed by atoms with van der Waals surface area (Å²) in [4.78, 5) is 16.1. The maximum absolute atomic E-state index is 11.5. The molecule has 0 radical (unpaired) electrons. The smallest absolute Gasteiger partial charge is 0.307 e. The maximum atomic E-state index is 11.5. The van der Waals surface area contributed by atoms with Gasteiger partial charge in [0, 0.05) is 5.02 Å². The Morgan fingerprint density at radius 3 is 2.59 bits per heavy atom. The van der Waals surface area contributed by atoms with Gasteiger partial charge in [0.1, 0.15) is 11.6 Å². The van der Waals surface area contributed by atoms with Gasteiger partial charge in [0.2, 0.25) is 0 Å². The number of thiazole rings is 1. The number of carboxylic acid groups (broad SMARTS) is 1. The first-order valence-corrected chi connectivity index (χ1v) is 11.0. The number of ether oxygens (including phenoxy) is 2. The molecule has 7 heteroatoms. The predicted molar refractivity (Wildman–Crippen MR) is 129 cm³/mol. The van der Waals surface area contributed by atoms with Gasteiger partial charge in [-0.05, 0) is 59.2 Å². The molecule has 1 N–H and O–H groups in total. The highest BCUT2D eigenvalue weighted by molar-refractivity contribution is 7.19. The Kier molecular flexibility index (Phi) is 6.73.